The lowest BCUT2D eigenvalue weighted by Crippen LogP contribution is -2.19. The molecule has 2 aromatic heterocycles. The third kappa shape index (κ3) is 2.85. The average Bonchev–Trinajstić information content (AvgIpc) is 2.65. The summed E-state index contributed by atoms with van der Waals surface area (Å²) in [5, 5.41) is 14.3. The lowest BCUT2D eigenvalue weighted by Gasteiger charge is -2.25. The van der Waals surface area contributed by atoms with E-state index in [2.05, 4.69) is 15.3 Å². The number of anilines is 2. The van der Waals surface area contributed by atoms with Crippen molar-refractivity contribution in [2.75, 3.05) is 17.6 Å². The number of ether oxygens (including phenoxy) is 1. The number of nitrogens with two attached hydrogens (primary N) is 2. The van der Waals surface area contributed by atoms with Crippen LogP contribution in [-0.2, 0) is 0 Å². The second-order valence-corrected chi connectivity index (χ2v) is 6.60. The maximum absolute atomic E-state index is 15.1. The van der Waals surface area contributed by atoms with Crippen LogP contribution >= 0.6 is 0 Å². The van der Waals surface area contributed by atoms with Crippen LogP contribution in [0.2, 0.25) is 0 Å². The van der Waals surface area contributed by atoms with Gasteiger partial charge in [0.25, 0.3) is 0 Å². The first-order valence-electron chi connectivity index (χ1n) is 8.63. The molecule has 1 aromatic carbocycles. The van der Waals surface area contributed by atoms with Crippen LogP contribution in [0.1, 0.15) is 23.8 Å². The van der Waals surface area contributed by atoms with E-state index in [0.717, 1.165) is 5.56 Å². The fourth-order valence-corrected chi connectivity index (χ4v) is 3.47. The van der Waals surface area contributed by atoms with Crippen LogP contribution in [0.5, 0.6) is 5.88 Å². The monoisotopic (exact) mass is 383 g/mol. The van der Waals surface area contributed by atoms with Crippen LogP contribution in [-0.4, -0.2) is 27.7 Å². The Kier molecular flexibility index (Phi) is 4.23. The van der Waals surface area contributed by atoms with E-state index >= 15 is 4.39 Å². The molecule has 144 valence electrons. The standard InChI is InChI=1S/C19H18FN5O3/c1-8-11(6-25-18-13(26)2-3-23-17(8)18)10-4-9-5-14(28-19(22)27)24-7-12(9)16(21)15(10)20/h4-7,13,23,26H,2-3,21H2,1H3,(H2,22,27). The van der Waals surface area contributed by atoms with Crippen LogP contribution < -0.4 is 21.5 Å². The summed E-state index contributed by atoms with van der Waals surface area (Å²) >= 11 is 0. The second kappa shape index (κ2) is 6.61. The molecule has 0 saturated carbocycles. The van der Waals surface area contributed by atoms with Gasteiger partial charge in [-0.25, -0.2) is 14.2 Å². The van der Waals surface area contributed by atoms with Crippen LogP contribution in [0.25, 0.3) is 21.9 Å². The van der Waals surface area contributed by atoms with Crippen LogP contribution in [0.15, 0.2) is 24.5 Å². The molecule has 0 bridgehead atoms. The minimum Gasteiger partial charge on any atom is -0.396 e. The van der Waals surface area contributed by atoms with E-state index in [-0.39, 0.29) is 17.1 Å². The summed E-state index contributed by atoms with van der Waals surface area (Å²) in [5.74, 6) is -0.610. The van der Waals surface area contributed by atoms with Crippen molar-refractivity contribution in [1.29, 1.82) is 0 Å². The van der Waals surface area contributed by atoms with Gasteiger partial charge in [-0.1, -0.05) is 0 Å². The van der Waals surface area contributed by atoms with Gasteiger partial charge < -0.3 is 26.6 Å². The van der Waals surface area contributed by atoms with Gasteiger partial charge in [0.05, 0.1) is 23.2 Å². The normalized spacial score (nSPS) is 15.8. The summed E-state index contributed by atoms with van der Waals surface area (Å²) in [6.45, 7) is 2.43. The zero-order valence-corrected chi connectivity index (χ0v) is 15.0. The SMILES string of the molecule is Cc1c(-c2cc3cc(OC(N)=O)ncc3c(N)c2F)cnc2c1NCCC2O. The molecule has 28 heavy (non-hydrogen) atoms. The minimum atomic E-state index is -0.999. The van der Waals surface area contributed by atoms with Crippen molar-refractivity contribution in [2.45, 2.75) is 19.4 Å². The lowest BCUT2D eigenvalue weighted by atomic mass is 9.94. The predicted octanol–water partition coefficient (Wildman–Crippen LogP) is 2.63. The summed E-state index contributed by atoms with van der Waals surface area (Å²) in [7, 11) is 0. The summed E-state index contributed by atoms with van der Waals surface area (Å²) in [6, 6.07) is 3.05. The molecule has 1 aliphatic heterocycles. The van der Waals surface area contributed by atoms with Crippen molar-refractivity contribution >= 4 is 28.2 Å². The van der Waals surface area contributed by atoms with E-state index < -0.39 is 18.0 Å². The van der Waals surface area contributed by atoms with Crippen molar-refractivity contribution in [3.05, 3.63) is 41.6 Å². The maximum Gasteiger partial charge on any atom is 0.411 e. The second-order valence-electron chi connectivity index (χ2n) is 6.60. The highest BCUT2D eigenvalue weighted by Crippen LogP contribution is 2.39. The Morgan fingerprint density at radius 1 is 1.32 bits per heavy atom. The summed E-state index contributed by atoms with van der Waals surface area (Å²) in [5.41, 5.74) is 13.7. The quantitative estimate of drug-likeness (QED) is 0.499. The van der Waals surface area contributed by atoms with Gasteiger partial charge in [-0.3, -0.25) is 4.98 Å². The first-order chi connectivity index (χ1) is 13.4. The number of nitrogens with zero attached hydrogens (tertiary/aromatic N) is 2. The highest BCUT2D eigenvalue weighted by molar-refractivity contribution is 5.98. The number of aliphatic hydroxyl groups is 1. The van der Waals surface area contributed by atoms with E-state index in [1.54, 1.807) is 6.07 Å². The molecule has 0 spiro atoms. The van der Waals surface area contributed by atoms with Crippen molar-refractivity contribution in [3.63, 3.8) is 0 Å². The van der Waals surface area contributed by atoms with Crippen LogP contribution in [0, 0.1) is 12.7 Å². The van der Waals surface area contributed by atoms with Gasteiger partial charge in [-0.05, 0) is 30.4 Å². The largest absolute Gasteiger partial charge is 0.411 e. The molecule has 1 amide bonds. The fraction of sp³-hybridized carbons (Fsp3) is 0.211. The molecule has 1 atom stereocenters. The van der Waals surface area contributed by atoms with Gasteiger partial charge in [0.2, 0.25) is 5.88 Å². The molecule has 8 nitrogen and oxygen atoms in total. The topological polar surface area (TPSA) is 136 Å². The number of carbonyl (C=O) groups is 1. The first-order valence-corrected chi connectivity index (χ1v) is 8.63. The number of rotatable bonds is 2. The molecular weight excluding hydrogens is 365 g/mol. The molecule has 4 rings (SSSR count). The number of carbonyl (C=O) groups excluding carboxylic acids is 1. The number of benzene rings is 1. The number of aromatic nitrogens is 2. The van der Waals surface area contributed by atoms with Crippen molar-refractivity contribution < 1.29 is 19.0 Å². The molecule has 3 heterocycles. The van der Waals surface area contributed by atoms with Gasteiger partial charge in [0.15, 0.2) is 5.82 Å². The number of nitrogens with one attached hydrogen (secondary N) is 1. The molecule has 0 aliphatic carbocycles. The fourth-order valence-electron chi connectivity index (χ4n) is 3.47. The molecule has 0 saturated heterocycles. The first kappa shape index (κ1) is 17.9. The Hall–Kier alpha value is -3.46. The van der Waals surface area contributed by atoms with Crippen molar-refractivity contribution in [3.8, 4) is 17.0 Å². The molecule has 9 heteroatoms. The Balaban J connectivity index is 1.91. The van der Waals surface area contributed by atoms with Gasteiger partial charge in [0, 0.05) is 41.5 Å². The van der Waals surface area contributed by atoms with Crippen molar-refractivity contribution in [1.82, 2.24) is 9.97 Å². The number of fused-ring (bicyclic) bond motifs is 2. The average molecular weight is 383 g/mol. The highest BCUT2D eigenvalue weighted by atomic mass is 19.1. The molecule has 1 unspecified atom stereocenters. The zero-order valence-electron chi connectivity index (χ0n) is 15.0. The predicted molar refractivity (Wildman–Crippen MR) is 102 cm³/mol. The molecular formula is C19H18FN5O3. The molecule has 0 fully saturated rings. The Morgan fingerprint density at radius 3 is 2.86 bits per heavy atom. The number of hydrogen-bond donors (Lipinski definition) is 4. The van der Waals surface area contributed by atoms with Gasteiger partial charge in [0.1, 0.15) is 0 Å². The number of aliphatic hydroxyl groups excluding tert-OH is 1. The smallest absolute Gasteiger partial charge is 0.396 e. The Bertz CT molecular complexity index is 1120. The molecule has 0 radical (unpaired) electrons. The number of amides is 1. The van der Waals surface area contributed by atoms with Crippen LogP contribution in [0.4, 0.5) is 20.6 Å². The highest BCUT2D eigenvalue weighted by Gasteiger charge is 2.24. The van der Waals surface area contributed by atoms with E-state index in [9.17, 15) is 9.90 Å². The van der Waals surface area contributed by atoms with E-state index in [1.807, 2.05) is 6.92 Å². The summed E-state index contributed by atoms with van der Waals surface area (Å²) in [4.78, 5) is 19.2. The number of hydrogen-bond acceptors (Lipinski definition) is 7. The van der Waals surface area contributed by atoms with E-state index in [4.69, 9.17) is 16.2 Å². The van der Waals surface area contributed by atoms with Gasteiger partial charge >= 0.3 is 6.09 Å². The number of pyridine rings is 2. The molecule has 1 aliphatic rings. The lowest BCUT2D eigenvalue weighted by molar-refractivity contribution is 0.163. The van der Waals surface area contributed by atoms with E-state index in [0.29, 0.717) is 40.7 Å². The zero-order chi connectivity index (χ0) is 20.0. The number of nitrogen functional groups attached to an aromatic ring is 1. The summed E-state index contributed by atoms with van der Waals surface area (Å²) < 4.78 is 19.9. The van der Waals surface area contributed by atoms with Crippen molar-refractivity contribution in [2.24, 2.45) is 5.73 Å². The van der Waals surface area contributed by atoms with Crippen LogP contribution in [0.3, 0.4) is 0 Å². The maximum atomic E-state index is 15.1. The minimum absolute atomic E-state index is 0.0120. The molecule has 3 aromatic rings. The number of halogens is 1. The van der Waals surface area contributed by atoms with Gasteiger partial charge in [-0.15, -0.1) is 0 Å². The summed E-state index contributed by atoms with van der Waals surface area (Å²) in [6.07, 6.45) is 1.75. The number of primary amides is 1. The van der Waals surface area contributed by atoms with E-state index in [1.165, 1.54) is 18.5 Å². The molecule has 6 N–H and O–H groups in total. The third-order valence-electron chi connectivity index (χ3n) is 4.87. The Morgan fingerprint density at radius 2 is 2.11 bits per heavy atom. The third-order valence-corrected chi connectivity index (χ3v) is 4.87. The van der Waals surface area contributed by atoms with Gasteiger partial charge in [-0.2, -0.15) is 0 Å². The Labute approximate surface area is 159 Å².